The summed E-state index contributed by atoms with van der Waals surface area (Å²) in [6, 6.07) is 38.6. The second-order valence-corrected chi connectivity index (χ2v) is 11.3. The highest BCUT2D eigenvalue weighted by molar-refractivity contribution is 5.91. The predicted octanol–water partition coefficient (Wildman–Crippen LogP) is 6.36. The molecule has 0 bridgehead atoms. The van der Waals surface area contributed by atoms with Crippen molar-refractivity contribution in [1.29, 1.82) is 0 Å². The molecule has 0 radical (unpaired) electrons. The first-order chi connectivity index (χ1) is 20.7. The lowest BCUT2D eigenvalue weighted by molar-refractivity contribution is -0.187. The third-order valence-electron chi connectivity index (χ3n) is 8.87. The van der Waals surface area contributed by atoms with E-state index < -0.39 is 12.2 Å². The number of β-lactam (4-membered cyclic amide) rings is 2. The van der Waals surface area contributed by atoms with E-state index in [-0.39, 0.29) is 36.0 Å². The van der Waals surface area contributed by atoms with Crippen LogP contribution in [0.1, 0.15) is 48.9 Å². The van der Waals surface area contributed by atoms with Crippen molar-refractivity contribution < 1.29 is 19.1 Å². The van der Waals surface area contributed by atoms with E-state index in [2.05, 4.69) is 24.3 Å². The van der Waals surface area contributed by atoms with Crippen molar-refractivity contribution in [3.05, 3.63) is 132 Å². The highest BCUT2D eigenvalue weighted by Gasteiger charge is 2.59. The summed E-state index contributed by atoms with van der Waals surface area (Å²) in [7, 11) is 0. The summed E-state index contributed by atoms with van der Waals surface area (Å²) in [5.74, 6) is 1.32. The summed E-state index contributed by atoms with van der Waals surface area (Å²) in [6.45, 7) is 0. The molecule has 2 amide bonds. The summed E-state index contributed by atoms with van der Waals surface area (Å²) >= 11 is 0. The largest absolute Gasteiger partial charge is 0.478 e. The molecule has 3 aliphatic rings. The fourth-order valence-corrected chi connectivity index (χ4v) is 6.94. The minimum atomic E-state index is -0.608. The first kappa shape index (κ1) is 26.3. The summed E-state index contributed by atoms with van der Waals surface area (Å²) in [5, 5.41) is 0. The number of ether oxygens (including phenoxy) is 2. The summed E-state index contributed by atoms with van der Waals surface area (Å²) in [6.07, 6.45) is 2.49. The van der Waals surface area contributed by atoms with Gasteiger partial charge in [0.25, 0.3) is 11.8 Å². The van der Waals surface area contributed by atoms with Crippen molar-refractivity contribution in [2.45, 2.75) is 62.1 Å². The Morgan fingerprint density at radius 3 is 1.17 bits per heavy atom. The Hall–Kier alpha value is -4.58. The molecule has 0 aromatic heterocycles. The Morgan fingerprint density at radius 2 is 0.810 bits per heavy atom. The van der Waals surface area contributed by atoms with Crippen LogP contribution in [0.3, 0.4) is 0 Å². The zero-order valence-corrected chi connectivity index (χ0v) is 23.4. The zero-order valence-electron chi connectivity index (χ0n) is 23.4. The average Bonchev–Trinajstić information content (AvgIpc) is 3.05. The third kappa shape index (κ3) is 4.71. The van der Waals surface area contributed by atoms with E-state index in [4.69, 9.17) is 9.47 Å². The molecule has 0 spiro atoms. The van der Waals surface area contributed by atoms with Gasteiger partial charge < -0.3 is 19.3 Å². The van der Waals surface area contributed by atoms with Crippen molar-refractivity contribution in [2.24, 2.45) is 0 Å². The van der Waals surface area contributed by atoms with Gasteiger partial charge in [0.1, 0.15) is 23.6 Å². The second kappa shape index (κ2) is 11.4. The highest BCUT2D eigenvalue weighted by atomic mass is 16.5. The van der Waals surface area contributed by atoms with E-state index in [9.17, 15) is 9.59 Å². The van der Waals surface area contributed by atoms with Crippen LogP contribution in [-0.2, 0) is 9.59 Å². The minimum Gasteiger partial charge on any atom is -0.478 e. The molecule has 7 rings (SSSR count). The first-order valence-corrected chi connectivity index (χ1v) is 14.9. The van der Waals surface area contributed by atoms with Crippen LogP contribution in [0.15, 0.2) is 121 Å². The van der Waals surface area contributed by atoms with Crippen LogP contribution in [-0.4, -0.2) is 45.9 Å². The number of benzene rings is 4. The average molecular weight is 559 g/mol. The number of nitrogens with zero attached hydrogens (tertiary/aromatic N) is 2. The lowest BCUT2D eigenvalue weighted by Crippen LogP contribution is -2.73. The molecule has 42 heavy (non-hydrogen) atoms. The molecular weight excluding hydrogens is 524 g/mol. The molecule has 1 aliphatic carbocycles. The van der Waals surface area contributed by atoms with Crippen molar-refractivity contribution in [3.8, 4) is 11.5 Å². The van der Waals surface area contributed by atoms with Gasteiger partial charge in [0.05, 0.1) is 12.1 Å². The van der Waals surface area contributed by atoms with E-state index in [0.717, 1.165) is 36.8 Å². The lowest BCUT2D eigenvalue weighted by atomic mass is 9.78. The standard InChI is InChI=1S/C36H34N2O4/c39-35-33(41-27-19-9-3-10-20-27)31(25-15-5-1-6-16-25)37(35)29-23-13-14-24-30(29)38-32(26-17-7-2-8-18-26)34(36(38)40)42-28-21-11-4-12-22-28/h1-12,15-22,29-34H,13-14,23-24H2/t29?,30?,31-,32+,33+,34-. The Labute approximate surface area is 246 Å². The molecule has 6 nitrogen and oxygen atoms in total. The highest BCUT2D eigenvalue weighted by Crippen LogP contribution is 2.47. The third-order valence-corrected chi connectivity index (χ3v) is 8.87. The van der Waals surface area contributed by atoms with Crippen LogP contribution in [0.2, 0.25) is 0 Å². The normalized spacial score (nSPS) is 27.1. The van der Waals surface area contributed by atoms with Gasteiger partial charge in [-0.05, 0) is 48.2 Å². The van der Waals surface area contributed by atoms with Crippen molar-refractivity contribution >= 4 is 11.8 Å². The van der Waals surface area contributed by atoms with Crippen molar-refractivity contribution in [3.63, 3.8) is 0 Å². The molecular formula is C36H34N2O4. The molecule has 6 atom stereocenters. The van der Waals surface area contributed by atoms with Gasteiger partial charge in [-0.15, -0.1) is 0 Å². The molecule has 1 saturated carbocycles. The molecule has 4 aromatic carbocycles. The number of para-hydroxylation sites is 2. The number of carbonyl (C=O) groups is 2. The van der Waals surface area contributed by atoms with Crippen molar-refractivity contribution in [1.82, 2.24) is 9.80 Å². The minimum absolute atomic E-state index is 0.0223. The Kier molecular flexibility index (Phi) is 7.12. The van der Waals surface area contributed by atoms with Gasteiger partial charge in [-0.3, -0.25) is 9.59 Å². The van der Waals surface area contributed by atoms with E-state index >= 15 is 0 Å². The van der Waals surface area contributed by atoms with Gasteiger partial charge in [-0.1, -0.05) is 110 Å². The fraction of sp³-hybridized carbons (Fsp3) is 0.278. The van der Waals surface area contributed by atoms with Crippen LogP contribution in [0, 0.1) is 0 Å². The maximum Gasteiger partial charge on any atom is 0.267 e. The summed E-state index contributed by atoms with van der Waals surface area (Å²) in [4.78, 5) is 31.9. The SMILES string of the molecule is O=C1[C@@H](Oc2ccccc2)[C@@H](c2ccccc2)N1C1CCCCC1N1C(=O)[C@H](Oc2ccccc2)[C@@H]1c1ccccc1. The smallest absolute Gasteiger partial charge is 0.267 e. The van der Waals surface area contributed by atoms with Crippen LogP contribution >= 0.6 is 0 Å². The Morgan fingerprint density at radius 1 is 0.476 bits per heavy atom. The number of amides is 2. The number of rotatable bonds is 8. The Bertz CT molecular complexity index is 1400. The van der Waals surface area contributed by atoms with Gasteiger partial charge in [-0.2, -0.15) is 0 Å². The fourth-order valence-electron chi connectivity index (χ4n) is 6.94. The van der Waals surface area contributed by atoms with Crippen LogP contribution < -0.4 is 9.47 Å². The van der Waals surface area contributed by atoms with Gasteiger partial charge in [0.2, 0.25) is 12.2 Å². The van der Waals surface area contributed by atoms with E-state index in [1.807, 2.05) is 107 Å². The maximum absolute atomic E-state index is 13.9. The summed E-state index contributed by atoms with van der Waals surface area (Å²) < 4.78 is 12.6. The van der Waals surface area contributed by atoms with Crippen molar-refractivity contribution in [2.75, 3.05) is 0 Å². The molecule has 2 aliphatic heterocycles. The van der Waals surface area contributed by atoms with E-state index in [0.29, 0.717) is 11.5 Å². The maximum atomic E-state index is 13.9. The Balaban J connectivity index is 1.21. The molecule has 6 heteroatoms. The van der Waals surface area contributed by atoms with Crippen LogP contribution in [0.25, 0.3) is 0 Å². The van der Waals surface area contributed by atoms with E-state index in [1.165, 1.54) is 0 Å². The molecule has 2 heterocycles. The summed E-state index contributed by atoms with van der Waals surface area (Å²) in [5.41, 5.74) is 2.09. The van der Waals surface area contributed by atoms with Gasteiger partial charge in [-0.25, -0.2) is 0 Å². The van der Waals surface area contributed by atoms with Gasteiger partial charge in [0.15, 0.2) is 0 Å². The van der Waals surface area contributed by atoms with Gasteiger partial charge in [0, 0.05) is 0 Å². The zero-order chi connectivity index (χ0) is 28.5. The van der Waals surface area contributed by atoms with Crippen LogP contribution in [0.5, 0.6) is 11.5 Å². The molecule has 212 valence electrons. The monoisotopic (exact) mass is 558 g/mol. The first-order valence-electron chi connectivity index (χ1n) is 14.9. The molecule has 0 N–H and O–H groups in total. The molecule has 2 unspecified atom stereocenters. The topological polar surface area (TPSA) is 59.1 Å². The lowest BCUT2D eigenvalue weighted by Gasteiger charge is -2.58. The predicted molar refractivity (Wildman–Crippen MR) is 160 cm³/mol. The van der Waals surface area contributed by atoms with Gasteiger partial charge >= 0.3 is 0 Å². The number of hydrogen-bond donors (Lipinski definition) is 0. The number of hydrogen-bond acceptors (Lipinski definition) is 4. The molecule has 4 aromatic rings. The quantitative estimate of drug-likeness (QED) is 0.236. The second-order valence-electron chi connectivity index (χ2n) is 11.3. The van der Waals surface area contributed by atoms with Crippen LogP contribution in [0.4, 0.5) is 0 Å². The molecule has 3 fully saturated rings. The number of carbonyl (C=O) groups excluding carboxylic acids is 2. The number of likely N-dealkylation sites (tertiary alicyclic amines) is 2. The molecule has 2 saturated heterocycles. The van der Waals surface area contributed by atoms with E-state index in [1.54, 1.807) is 0 Å².